The molecule has 0 aliphatic rings. The molecule has 1 N–H and O–H groups in total. The zero-order valence-corrected chi connectivity index (χ0v) is 39.5. The SMILES string of the molecule is CC(C)C(C(=O)/C=C(\O)C(C(C)C)C(C)C)C(C)C.Cc1cc(CC(C)(C)C(F)(F)F)cc(C)c1-c1cc(-c2[c-]c3ccccc3c(C(C)(C)C)c2)nnc1C.[Ir]. The first-order chi connectivity index (χ1) is 25.7. The maximum absolute atomic E-state index is 13.5. The number of fused-ring (bicyclic) bond motifs is 1. The number of allylic oxidation sites excluding steroid dienone is 2. The molecule has 0 aliphatic heterocycles. The molecule has 0 saturated carbocycles. The summed E-state index contributed by atoms with van der Waals surface area (Å²) < 4.78 is 40.5. The van der Waals surface area contributed by atoms with Crippen LogP contribution in [-0.4, -0.2) is 27.3 Å². The van der Waals surface area contributed by atoms with Gasteiger partial charge in [-0.3, -0.25) is 4.79 Å². The van der Waals surface area contributed by atoms with Crippen LogP contribution in [0.5, 0.6) is 0 Å². The predicted octanol–water partition coefficient (Wildman–Crippen LogP) is 14.0. The van der Waals surface area contributed by atoms with E-state index in [1.165, 1.54) is 30.9 Å². The van der Waals surface area contributed by atoms with Gasteiger partial charge in [0.25, 0.3) is 0 Å². The fourth-order valence-corrected chi connectivity index (χ4v) is 8.23. The van der Waals surface area contributed by atoms with Crippen molar-refractivity contribution >= 4 is 16.6 Å². The van der Waals surface area contributed by atoms with Gasteiger partial charge >= 0.3 is 6.18 Å². The number of aromatic nitrogens is 2. The molecule has 8 heteroatoms. The number of ketones is 1. The predicted molar refractivity (Wildman–Crippen MR) is 228 cm³/mol. The number of aliphatic hydroxyl groups excluding tert-OH is 1. The van der Waals surface area contributed by atoms with Crippen LogP contribution in [0.2, 0.25) is 0 Å². The molecular weight excluding hydrogens is 898 g/mol. The number of benzene rings is 3. The van der Waals surface area contributed by atoms with Crippen LogP contribution in [0.15, 0.2) is 60.4 Å². The second-order valence-electron chi connectivity index (χ2n) is 18.8. The summed E-state index contributed by atoms with van der Waals surface area (Å²) >= 11 is 0. The van der Waals surface area contributed by atoms with E-state index in [-0.39, 0.29) is 55.3 Å². The van der Waals surface area contributed by atoms with Gasteiger partial charge in [-0.15, -0.1) is 29.1 Å². The molecule has 1 aromatic heterocycles. The molecule has 315 valence electrons. The number of aryl methyl sites for hydroxylation is 3. The average Bonchev–Trinajstić information content (AvgIpc) is 3.03. The Labute approximate surface area is 354 Å². The van der Waals surface area contributed by atoms with E-state index in [1.807, 2.05) is 51.1 Å². The van der Waals surface area contributed by atoms with E-state index < -0.39 is 11.6 Å². The number of hydrogen-bond acceptors (Lipinski definition) is 4. The van der Waals surface area contributed by atoms with E-state index in [0.717, 1.165) is 44.6 Å². The molecule has 0 aliphatic carbocycles. The van der Waals surface area contributed by atoms with Crippen LogP contribution in [0.3, 0.4) is 0 Å². The number of carbonyl (C=O) groups excluding carboxylic acids is 1. The molecule has 0 fully saturated rings. The fourth-order valence-electron chi connectivity index (χ4n) is 8.23. The maximum atomic E-state index is 13.5. The van der Waals surface area contributed by atoms with Crippen molar-refractivity contribution < 1.29 is 43.2 Å². The smallest absolute Gasteiger partial charge is 0.394 e. The topological polar surface area (TPSA) is 63.1 Å². The summed E-state index contributed by atoms with van der Waals surface area (Å²) in [4.78, 5) is 12.3. The molecule has 1 radical (unpaired) electrons. The van der Waals surface area contributed by atoms with Gasteiger partial charge in [-0.1, -0.05) is 137 Å². The summed E-state index contributed by atoms with van der Waals surface area (Å²) in [6.07, 6.45) is -2.86. The Morgan fingerprint density at radius 3 is 1.75 bits per heavy atom. The monoisotopic (exact) mass is 964 g/mol. The van der Waals surface area contributed by atoms with Crippen molar-refractivity contribution in [1.82, 2.24) is 10.2 Å². The summed E-state index contributed by atoms with van der Waals surface area (Å²) in [6, 6.07) is 19.7. The number of aliphatic hydroxyl groups is 1. The van der Waals surface area contributed by atoms with Gasteiger partial charge in [-0.25, -0.2) is 0 Å². The minimum absolute atomic E-state index is 0. The Kier molecular flexibility index (Phi) is 17.1. The first-order valence-corrected chi connectivity index (χ1v) is 20.1. The Balaban J connectivity index is 0.000000478. The third-order valence-electron chi connectivity index (χ3n) is 10.9. The molecule has 0 unspecified atom stereocenters. The fraction of sp³-hybridized carbons (Fsp3) is 0.531. The van der Waals surface area contributed by atoms with Gasteiger partial charge in [0.1, 0.15) is 0 Å². The minimum atomic E-state index is -4.27. The molecule has 0 bridgehead atoms. The third kappa shape index (κ3) is 12.3. The second kappa shape index (κ2) is 19.6. The standard InChI is InChI=1S/C32H34F3N2.C17H32O2.Ir/c1-19-13-22(18-31(7,8)32(33,34)35)14-20(2)29(19)26-17-28(37-36-21(26)3)24-15-23-11-9-10-12-25(23)27(16-24)30(4,5)6;1-10(2)16(11(3)4)14(18)9-15(19)17(12(5)6)13(7)8;/h9-14,16-17H,18H2,1-8H3;9-13,16-18H,1-8H3;/q-1;;/b;14-9-;. The van der Waals surface area contributed by atoms with Gasteiger partial charge in [0.2, 0.25) is 0 Å². The quantitative estimate of drug-likeness (QED) is 0.0924. The summed E-state index contributed by atoms with van der Waals surface area (Å²) in [6.45, 7) is 31.5. The summed E-state index contributed by atoms with van der Waals surface area (Å²) in [5.74, 6) is 1.63. The van der Waals surface area contributed by atoms with E-state index >= 15 is 0 Å². The zero-order chi connectivity index (χ0) is 42.7. The molecule has 4 aromatic rings. The molecule has 0 amide bonds. The first-order valence-electron chi connectivity index (χ1n) is 20.1. The number of rotatable bonds is 11. The largest absolute Gasteiger partial charge is 0.512 e. The van der Waals surface area contributed by atoms with Gasteiger partial charge in [-0.05, 0) is 78.5 Å². The van der Waals surface area contributed by atoms with Crippen molar-refractivity contribution in [2.45, 2.75) is 129 Å². The van der Waals surface area contributed by atoms with E-state index in [2.05, 4.69) is 111 Å². The third-order valence-corrected chi connectivity index (χ3v) is 10.9. The zero-order valence-electron chi connectivity index (χ0n) is 37.1. The van der Waals surface area contributed by atoms with Crippen molar-refractivity contribution in [2.24, 2.45) is 40.9 Å². The first kappa shape index (κ1) is 49.8. The molecule has 57 heavy (non-hydrogen) atoms. The number of alkyl halides is 3. The summed E-state index contributed by atoms with van der Waals surface area (Å²) in [7, 11) is 0. The molecule has 0 atom stereocenters. The summed E-state index contributed by atoms with van der Waals surface area (Å²) in [5.41, 5.74) is 6.15. The molecule has 4 nitrogen and oxygen atoms in total. The molecule has 4 rings (SSSR count). The van der Waals surface area contributed by atoms with Gasteiger partial charge < -0.3 is 5.11 Å². The van der Waals surface area contributed by atoms with Crippen molar-refractivity contribution in [3.63, 3.8) is 0 Å². The normalized spacial score (nSPS) is 12.9. The maximum Gasteiger partial charge on any atom is 0.394 e. The Morgan fingerprint density at radius 1 is 0.772 bits per heavy atom. The molecule has 1 heterocycles. The molecular formula is C49H66F3IrN2O2-. The van der Waals surface area contributed by atoms with E-state index in [1.54, 1.807) is 0 Å². The Hall–Kier alpha value is -3.35. The van der Waals surface area contributed by atoms with Gasteiger partial charge in [0.15, 0.2) is 5.78 Å². The number of hydrogen-bond donors (Lipinski definition) is 1. The van der Waals surface area contributed by atoms with Gasteiger partial charge in [-0.2, -0.15) is 23.4 Å². The van der Waals surface area contributed by atoms with E-state index in [9.17, 15) is 23.1 Å². The molecule has 3 aromatic carbocycles. The summed E-state index contributed by atoms with van der Waals surface area (Å²) in [5, 5.41) is 21.5. The number of carbonyl (C=O) groups is 1. The Morgan fingerprint density at radius 2 is 1.28 bits per heavy atom. The minimum Gasteiger partial charge on any atom is -0.512 e. The van der Waals surface area contributed by atoms with Crippen LogP contribution in [0.25, 0.3) is 33.2 Å². The van der Waals surface area contributed by atoms with Crippen molar-refractivity contribution in [2.75, 3.05) is 0 Å². The van der Waals surface area contributed by atoms with Crippen LogP contribution < -0.4 is 0 Å². The number of halogens is 3. The molecule has 0 spiro atoms. The van der Waals surface area contributed by atoms with Crippen LogP contribution in [-0.2, 0) is 36.7 Å². The number of nitrogens with zero attached hydrogens (tertiary/aromatic N) is 2. The van der Waals surface area contributed by atoms with Crippen LogP contribution >= 0.6 is 0 Å². The Bertz CT molecular complexity index is 1980. The van der Waals surface area contributed by atoms with Crippen molar-refractivity contribution in [3.05, 3.63) is 94.4 Å². The molecule has 0 saturated heterocycles. The van der Waals surface area contributed by atoms with Crippen molar-refractivity contribution in [3.8, 4) is 22.4 Å². The van der Waals surface area contributed by atoms with Crippen LogP contribution in [0, 0.1) is 67.8 Å². The van der Waals surface area contributed by atoms with Crippen LogP contribution in [0.4, 0.5) is 13.2 Å². The average molecular weight is 964 g/mol. The van der Waals surface area contributed by atoms with Gasteiger partial charge in [0.05, 0.1) is 16.9 Å². The van der Waals surface area contributed by atoms with Crippen LogP contribution in [0.1, 0.15) is 118 Å². The van der Waals surface area contributed by atoms with Crippen molar-refractivity contribution in [1.29, 1.82) is 0 Å². The second-order valence-corrected chi connectivity index (χ2v) is 18.8. The van der Waals surface area contributed by atoms with E-state index in [4.69, 9.17) is 0 Å². The van der Waals surface area contributed by atoms with Gasteiger partial charge in [0, 0.05) is 49.3 Å². The van der Waals surface area contributed by atoms with E-state index in [0.29, 0.717) is 29.2 Å².